The predicted octanol–water partition coefficient (Wildman–Crippen LogP) is 4.00. The molecule has 0 saturated heterocycles. The number of benzene rings is 2. The zero-order valence-corrected chi connectivity index (χ0v) is 12.2. The van der Waals surface area contributed by atoms with Crippen LogP contribution in [0.3, 0.4) is 0 Å². The molecule has 2 aromatic carbocycles. The normalized spacial score (nSPS) is 17.5. The molecule has 3 heteroatoms. The topological polar surface area (TPSA) is 29.9 Å². The molecule has 106 valence electrons. The second-order valence-electron chi connectivity index (χ2n) is 5.62. The van der Waals surface area contributed by atoms with Crippen LogP contribution in [0.2, 0.25) is 0 Å². The standard InChI is InChI=1S/C18H19N3/c1-2-13-7-9-14(10-8-13)16-11-12-19-18-20-15-5-3-4-6-17(15)21(16)18/h3-10,16H,2,11-12H2,1H3,(H,19,20). The number of nitrogens with zero attached hydrogens (tertiary/aromatic N) is 2. The molecule has 1 unspecified atom stereocenters. The molecule has 3 aromatic rings. The summed E-state index contributed by atoms with van der Waals surface area (Å²) in [5, 5.41) is 3.43. The molecule has 4 rings (SSSR count). The predicted molar refractivity (Wildman–Crippen MR) is 86.8 cm³/mol. The van der Waals surface area contributed by atoms with Gasteiger partial charge in [-0.05, 0) is 36.1 Å². The van der Waals surface area contributed by atoms with Crippen molar-refractivity contribution in [1.29, 1.82) is 0 Å². The first kappa shape index (κ1) is 12.5. The second-order valence-corrected chi connectivity index (χ2v) is 5.62. The van der Waals surface area contributed by atoms with Crippen LogP contribution in [0.5, 0.6) is 0 Å². The van der Waals surface area contributed by atoms with E-state index in [2.05, 4.69) is 59.3 Å². The van der Waals surface area contributed by atoms with Crippen molar-refractivity contribution in [3.63, 3.8) is 0 Å². The minimum atomic E-state index is 0.375. The van der Waals surface area contributed by atoms with Crippen LogP contribution >= 0.6 is 0 Å². The Kier molecular flexibility index (Phi) is 2.92. The van der Waals surface area contributed by atoms with E-state index >= 15 is 0 Å². The van der Waals surface area contributed by atoms with Crippen LogP contribution in [0, 0.1) is 0 Å². The number of fused-ring (bicyclic) bond motifs is 3. The van der Waals surface area contributed by atoms with Crippen molar-refractivity contribution >= 4 is 17.0 Å². The molecule has 0 amide bonds. The maximum Gasteiger partial charge on any atom is 0.204 e. The summed E-state index contributed by atoms with van der Waals surface area (Å²) in [6.07, 6.45) is 2.19. The first-order chi connectivity index (χ1) is 10.4. The van der Waals surface area contributed by atoms with Crippen molar-refractivity contribution in [2.24, 2.45) is 0 Å². The van der Waals surface area contributed by atoms with Gasteiger partial charge in [0.15, 0.2) is 0 Å². The van der Waals surface area contributed by atoms with Gasteiger partial charge in [0.05, 0.1) is 17.1 Å². The highest BCUT2D eigenvalue weighted by Crippen LogP contribution is 2.33. The number of hydrogen-bond acceptors (Lipinski definition) is 2. The van der Waals surface area contributed by atoms with Crippen molar-refractivity contribution in [3.8, 4) is 0 Å². The lowest BCUT2D eigenvalue weighted by Crippen LogP contribution is -2.23. The molecule has 21 heavy (non-hydrogen) atoms. The molecule has 1 N–H and O–H groups in total. The monoisotopic (exact) mass is 277 g/mol. The molecule has 1 aliphatic heterocycles. The van der Waals surface area contributed by atoms with E-state index in [-0.39, 0.29) is 0 Å². The quantitative estimate of drug-likeness (QED) is 0.767. The van der Waals surface area contributed by atoms with Gasteiger partial charge in [-0.2, -0.15) is 0 Å². The summed E-state index contributed by atoms with van der Waals surface area (Å²) in [7, 11) is 0. The molecule has 0 fully saturated rings. The number of nitrogens with one attached hydrogen (secondary N) is 1. The number of hydrogen-bond donors (Lipinski definition) is 1. The number of aromatic nitrogens is 2. The highest BCUT2D eigenvalue weighted by atomic mass is 15.2. The number of para-hydroxylation sites is 2. The summed E-state index contributed by atoms with van der Waals surface area (Å²) in [5.41, 5.74) is 5.04. The smallest absolute Gasteiger partial charge is 0.204 e. The van der Waals surface area contributed by atoms with Gasteiger partial charge in [0, 0.05) is 6.54 Å². The minimum absolute atomic E-state index is 0.375. The van der Waals surface area contributed by atoms with Gasteiger partial charge in [-0.15, -0.1) is 0 Å². The Bertz CT molecular complexity index is 771. The summed E-state index contributed by atoms with van der Waals surface area (Å²) in [6.45, 7) is 3.17. The lowest BCUT2D eigenvalue weighted by atomic mass is 10.00. The number of anilines is 1. The molecule has 1 aromatic heterocycles. The van der Waals surface area contributed by atoms with Crippen molar-refractivity contribution in [2.75, 3.05) is 11.9 Å². The molecule has 0 saturated carbocycles. The van der Waals surface area contributed by atoms with E-state index in [4.69, 9.17) is 4.98 Å². The summed E-state index contributed by atoms with van der Waals surface area (Å²) >= 11 is 0. The average Bonchev–Trinajstić information content (AvgIpc) is 2.93. The van der Waals surface area contributed by atoms with Crippen molar-refractivity contribution in [2.45, 2.75) is 25.8 Å². The van der Waals surface area contributed by atoms with E-state index < -0.39 is 0 Å². The first-order valence-corrected chi connectivity index (χ1v) is 7.66. The van der Waals surface area contributed by atoms with Gasteiger partial charge >= 0.3 is 0 Å². The fourth-order valence-corrected chi connectivity index (χ4v) is 3.23. The lowest BCUT2D eigenvalue weighted by molar-refractivity contribution is 0.543. The molecule has 1 aliphatic rings. The largest absolute Gasteiger partial charge is 0.356 e. The van der Waals surface area contributed by atoms with E-state index in [1.807, 2.05) is 6.07 Å². The van der Waals surface area contributed by atoms with Crippen LogP contribution in [0.15, 0.2) is 48.5 Å². The van der Waals surface area contributed by atoms with Gasteiger partial charge in [0.1, 0.15) is 0 Å². The number of rotatable bonds is 2. The summed E-state index contributed by atoms with van der Waals surface area (Å²) in [4.78, 5) is 4.71. The Balaban J connectivity index is 1.85. The molecule has 2 heterocycles. The Morgan fingerprint density at radius 1 is 1.14 bits per heavy atom. The number of imidazole rings is 1. The Morgan fingerprint density at radius 2 is 1.95 bits per heavy atom. The average molecular weight is 277 g/mol. The molecule has 3 nitrogen and oxygen atoms in total. The lowest BCUT2D eigenvalue weighted by Gasteiger charge is -2.27. The molecular weight excluding hydrogens is 258 g/mol. The van der Waals surface area contributed by atoms with E-state index in [0.29, 0.717) is 6.04 Å². The van der Waals surface area contributed by atoms with Crippen LogP contribution in [-0.2, 0) is 6.42 Å². The summed E-state index contributed by atoms with van der Waals surface area (Å²) in [6, 6.07) is 17.8. The van der Waals surface area contributed by atoms with Gasteiger partial charge in [-0.25, -0.2) is 4.98 Å². The molecule has 0 radical (unpaired) electrons. The van der Waals surface area contributed by atoms with Crippen LogP contribution < -0.4 is 5.32 Å². The van der Waals surface area contributed by atoms with E-state index in [9.17, 15) is 0 Å². The van der Waals surface area contributed by atoms with Crippen LogP contribution in [0.25, 0.3) is 11.0 Å². The highest BCUT2D eigenvalue weighted by molar-refractivity contribution is 5.79. The van der Waals surface area contributed by atoms with Gasteiger partial charge in [-0.3, -0.25) is 0 Å². The molecule has 1 atom stereocenters. The van der Waals surface area contributed by atoms with Crippen molar-refractivity contribution < 1.29 is 0 Å². The highest BCUT2D eigenvalue weighted by Gasteiger charge is 2.24. The first-order valence-electron chi connectivity index (χ1n) is 7.66. The van der Waals surface area contributed by atoms with Gasteiger partial charge in [-0.1, -0.05) is 43.3 Å². The van der Waals surface area contributed by atoms with Crippen LogP contribution in [0.4, 0.5) is 5.95 Å². The minimum Gasteiger partial charge on any atom is -0.356 e. The van der Waals surface area contributed by atoms with Crippen LogP contribution in [-0.4, -0.2) is 16.1 Å². The van der Waals surface area contributed by atoms with Crippen molar-refractivity contribution in [3.05, 3.63) is 59.7 Å². The Morgan fingerprint density at radius 3 is 2.76 bits per heavy atom. The van der Waals surface area contributed by atoms with Gasteiger partial charge in [0.25, 0.3) is 0 Å². The van der Waals surface area contributed by atoms with E-state index in [1.54, 1.807) is 0 Å². The maximum absolute atomic E-state index is 4.71. The third-order valence-corrected chi connectivity index (χ3v) is 4.38. The Hall–Kier alpha value is -2.29. The maximum atomic E-state index is 4.71. The zero-order chi connectivity index (χ0) is 14.2. The van der Waals surface area contributed by atoms with E-state index in [1.165, 1.54) is 16.6 Å². The fourth-order valence-electron chi connectivity index (χ4n) is 3.23. The summed E-state index contributed by atoms with van der Waals surface area (Å²) < 4.78 is 2.35. The van der Waals surface area contributed by atoms with Crippen molar-refractivity contribution in [1.82, 2.24) is 9.55 Å². The second kappa shape index (κ2) is 4.92. The SMILES string of the molecule is CCc1ccc(C2CCNc3nc4ccccc4n32)cc1. The Labute approximate surface area is 124 Å². The molecule has 0 bridgehead atoms. The van der Waals surface area contributed by atoms with E-state index in [0.717, 1.165) is 30.9 Å². The number of aryl methyl sites for hydroxylation is 1. The third-order valence-electron chi connectivity index (χ3n) is 4.38. The molecule has 0 aliphatic carbocycles. The van der Waals surface area contributed by atoms with Crippen LogP contribution in [0.1, 0.15) is 30.5 Å². The van der Waals surface area contributed by atoms with Gasteiger partial charge in [0.2, 0.25) is 5.95 Å². The molecule has 0 spiro atoms. The zero-order valence-electron chi connectivity index (χ0n) is 12.2. The molecular formula is C18H19N3. The third kappa shape index (κ3) is 2.00. The van der Waals surface area contributed by atoms with Gasteiger partial charge < -0.3 is 9.88 Å². The fraction of sp³-hybridized carbons (Fsp3) is 0.278. The summed E-state index contributed by atoms with van der Waals surface area (Å²) in [5.74, 6) is 0.993.